The molecule has 0 aliphatic carbocycles. The molecule has 1 amide bonds. The molecule has 10 nitrogen and oxygen atoms in total. The summed E-state index contributed by atoms with van der Waals surface area (Å²) in [5.41, 5.74) is 3.77. The number of aliphatic carboxylic acids is 1. The largest absolute Gasteiger partial charge is 0.478 e. The molecule has 2 bridgehead atoms. The lowest BCUT2D eigenvalue weighted by Crippen LogP contribution is -2.45. The van der Waals surface area contributed by atoms with Crippen molar-refractivity contribution in [3.05, 3.63) is 106 Å². The zero-order valence-electron chi connectivity index (χ0n) is 25.8. The van der Waals surface area contributed by atoms with Crippen molar-refractivity contribution in [1.82, 2.24) is 24.6 Å². The molecule has 2 saturated heterocycles. The van der Waals surface area contributed by atoms with Gasteiger partial charge in [0.15, 0.2) is 6.73 Å². The third-order valence-electron chi connectivity index (χ3n) is 9.16. The number of carbonyl (C=O) groups excluding carboxylic acids is 1. The van der Waals surface area contributed by atoms with Gasteiger partial charge in [0, 0.05) is 40.9 Å². The molecule has 2 aromatic carbocycles. The number of nitrogens with zero attached hydrogens (tertiary/aromatic N) is 5. The average molecular weight is 691 g/mol. The molecule has 13 heteroatoms. The SMILES string of the molecule is C=C(C(=O)O)/C(=C\C(=C\F)c1cccc2c1OCN(C(=O)c1c(Cl)cc(-c3cncc4c3cnn4C)cc1Cl)C2)N1C2CCC1COC2. The molecule has 2 unspecified atom stereocenters. The number of benzene rings is 2. The van der Waals surface area contributed by atoms with Crippen molar-refractivity contribution in [2.75, 3.05) is 19.9 Å². The number of hydrogen-bond donors (Lipinski definition) is 1. The van der Waals surface area contributed by atoms with Crippen LogP contribution in [-0.4, -0.2) is 73.6 Å². The van der Waals surface area contributed by atoms with Gasteiger partial charge in [-0.15, -0.1) is 0 Å². The van der Waals surface area contributed by atoms with E-state index in [2.05, 4.69) is 16.7 Å². The molecule has 3 aliphatic rings. The Morgan fingerprint density at radius 1 is 1.10 bits per heavy atom. The van der Waals surface area contributed by atoms with Gasteiger partial charge in [0.2, 0.25) is 0 Å². The van der Waals surface area contributed by atoms with Crippen LogP contribution in [0, 0.1) is 0 Å². The van der Waals surface area contributed by atoms with Gasteiger partial charge in [0.1, 0.15) is 5.75 Å². The standard InChI is InChI=1S/C35H30Cl2FN5O5/c1-19(35(45)46)30(43-23-6-7-24(43)17-47-16-23)10-22(11-38)25-5-3-4-20-15-42(18-48-33(20)25)34(44)32-28(36)8-21(9-29(32)37)26-12-39-14-31-27(26)13-40-41(31)2/h3-5,8-14,23-24H,1,6-7,15-18H2,2H3,(H,45,46)/b22-11-,30-10+. The molecule has 2 aromatic heterocycles. The molecule has 7 rings (SSSR count). The maximum absolute atomic E-state index is 14.7. The van der Waals surface area contributed by atoms with Crippen molar-refractivity contribution in [3.63, 3.8) is 0 Å². The number of fused-ring (bicyclic) bond motifs is 4. The van der Waals surface area contributed by atoms with Gasteiger partial charge < -0.3 is 24.4 Å². The minimum atomic E-state index is -1.19. The molecule has 0 saturated carbocycles. The van der Waals surface area contributed by atoms with E-state index in [1.165, 1.54) is 11.0 Å². The Balaban J connectivity index is 1.17. The molecular weight excluding hydrogens is 660 g/mol. The number of carboxylic acid groups (broad SMARTS) is 1. The number of ether oxygens (including phenoxy) is 2. The summed E-state index contributed by atoms with van der Waals surface area (Å²) in [6.45, 7) is 4.70. The van der Waals surface area contributed by atoms with Crippen LogP contribution >= 0.6 is 23.2 Å². The van der Waals surface area contributed by atoms with Crippen molar-refractivity contribution in [2.24, 2.45) is 7.05 Å². The summed E-state index contributed by atoms with van der Waals surface area (Å²) in [6.07, 6.45) is 8.76. The van der Waals surface area contributed by atoms with E-state index in [9.17, 15) is 19.1 Å². The molecule has 246 valence electrons. The fourth-order valence-electron chi connectivity index (χ4n) is 6.78. The lowest BCUT2D eigenvalue weighted by atomic mass is 9.98. The fraction of sp³-hybridized carbons (Fsp3) is 0.257. The summed E-state index contributed by atoms with van der Waals surface area (Å²) in [5, 5.41) is 15.4. The predicted octanol–water partition coefficient (Wildman–Crippen LogP) is 6.63. The van der Waals surface area contributed by atoms with E-state index in [0.29, 0.717) is 47.7 Å². The van der Waals surface area contributed by atoms with Crippen molar-refractivity contribution < 1.29 is 28.6 Å². The summed E-state index contributed by atoms with van der Waals surface area (Å²) in [7, 11) is 1.82. The van der Waals surface area contributed by atoms with E-state index < -0.39 is 11.9 Å². The highest BCUT2D eigenvalue weighted by Crippen LogP contribution is 2.40. The highest BCUT2D eigenvalue weighted by molar-refractivity contribution is 6.40. The number of amides is 1. The highest BCUT2D eigenvalue weighted by atomic mass is 35.5. The monoisotopic (exact) mass is 689 g/mol. The van der Waals surface area contributed by atoms with Crippen molar-refractivity contribution in [1.29, 1.82) is 0 Å². The third-order valence-corrected chi connectivity index (χ3v) is 9.75. The zero-order chi connectivity index (χ0) is 33.7. The quantitative estimate of drug-likeness (QED) is 0.170. The van der Waals surface area contributed by atoms with Gasteiger partial charge in [-0.2, -0.15) is 5.10 Å². The number of morpholine rings is 1. The minimum absolute atomic E-state index is 0.0269. The van der Waals surface area contributed by atoms with Gasteiger partial charge in [-0.05, 0) is 36.6 Å². The molecule has 4 aromatic rings. The van der Waals surface area contributed by atoms with Crippen LogP contribution in [0.15, 0.2) is 79.2 Å². The Kier molecular flexibility index (Phi) is 8.44. The number of halogens is 3. The maximum atomic E-state index is 14.7. The molecule has 2 atom stereocenters. The van der Waals surface area contributed by atoms with E-state index in [-0.39, 0.29) is 52.1 Å². The van der Waals surface area contributed by atoms with Crippen LogP contribution in [0.2, 0.25) is 10.0 Å². The first-order valence-electron chi connectivity index (χ1n) is 15.3. The molecule has 3 aliphatic heterocycles. The third kappa shape index (κ3) is 5.51. The van der Waals surface area contributed by atoms with Crippen molar-refractivity contribution >= 4 is 51.6 Å². The van der Waals surface area contributed by atoms with E-state index in [1.807, 2.05) is 11.9 Å². The Hall–Kier alpha value is -4.71. The Labute approximate surface area is 285 Å². The van der Waals surface area contributed by atoms with Crippen LogP contribution in [0.25, 0.3) is 27.6 Å². The van der Waals surface area contributed by atoms with E-state index in [0.717, 1.165) is 29.3 Å². The lowest BCUT2D eigenvalue weighted by Gasteiger charge is -2.38. The topological polar surface area (TPSA) is 110 Å². The first-order chi connectivity index (χ1) is 23.2. The van der Waals surface area contributed by atoms with Gasteiger partial charge in [-0.25, -0.2) is 9.18 Å². The average Bonchev–Trinajstić information content (AvgIpc) is 3.58. The number of carbonyl (C=O) groups is 2. The molecule has 5 heterocycles. The maximum Gasteiger partial charge on any atom is 0.337 e. The van der Waals surface area contributed by atoms with Gasteiger partial charge in [0.05, 0.1) is 83.0 Å². The number of para-hydroxylation sites is 1. The summed E-state index contributed by atoms with van der Waals surface area (Å²) in [6, 6.07) is 8.50. The molecule has 1 N–H and O–H groups in total. The summed E-state index contributed by atoms with van der Waals surface area (Å²) >= 11 is 13.4. The summed E-state index contributed by atoms with van der Waals surface area (Å²) in [4.78, 5) is 33.6. The van der Waals surface area contributed by atoms with Gasteiger partial charge in [-0.3, -0.25) is 14.5 Å². The Bertz CT molecular complexity index is 2020. The van der Waals surface area contributed by atoms with E-state index in [4.69, 9.17) is 32.7 Å². The lowest BCUT2D eigenvalue weighted by molar-refractivity contribution is -0.132. The Morgan fingerprint density at radius 3 is 2.52 bits per heavy atom. The van der Waals surface area contributed by atoms with Crippen molar-refractivity contribution in [3.8, 4) is 16.9 Å². The predicted molar refractivity (Wildman–Crippen MR) is 179 cm³/mol. The van der Waals surface area contributed by atoms with Crippen molar-refractivity contribution in [2.45, 2.75) is 31.5 Å². The number of pyridine rings is 1. The van der Waals surface area contributed by atoms with Crippen LogP contribution in [-0.2, 0) is 23.1 Å². The van der Waals surface area contributed by atoms with E-state index in [1.54, 1.807) is 53.6 Å². The zero-order valence-corrected chi connectivity index (χ0v) is 27.3. The molecule has 48 heavy (non-hydrogen) atoms. The number of aryl methyl sites for hydroxylation is 1. The normalized spacial score (nSPS) is 19.3. The summed E-state index contributed by atoms with van der Waals surface area (Å²) < 4.78 is 28.2. The molecular formula is C35H30Cl2FN5O5. The van der Waals surface area contributed by atoms with E-state index >= 15 is 0 Å². The second-order valence-electron chi connectivity index (χ2n) is 12.0. The van der Waals surface area contributed by atoms with Gasteiger partial charge >= 0.3 is 5.97 Å². The molecule has 0 spiro atoms. The summed E-state index contributed by atoms with van der Waals surface area (Å²) in [5.74, 6) is -1.24. The van der Waals surface area contributed by atoms with Crippen LogP contribution < -0.4 is 4.74 Å². The number of carboxylic acids is 1. The van der Waals surface area contributed by atoms with Crippen LogP contribution in [0.3, 0.4) is 0 Å². The van der Waals surface area contributed by atoms with Crippen LogP contribution in [0.1, 0.15) is 34.3 Å². The molecule has 2 fully saturated rings. The van der Waals surface area contributed by atoms with Gasteiger partial charge in [-0.1, -0.05) is 48.0 Å². The van der Waals surface area contributed by atoms with Crippen LogP contribution in [0.4, 0.5) is 4.39 Å². The minimum Gasteiger partial charge on any atom is -0.478 e. The number of aromatic nitrogens is 3. The fourth-order valence-corrected chi connectivity index (χ4v) is 7.42. The highest BCUT2D eigenvalue weighted by Gasteiger charge is 2.40. The first-order valence-corrected chi connectivity index (χ1v) is 16.0. The second-order valence-corrected chi connectivity index (χ2v) is 12.8. The Morgan fingerprint density at radius 2 is 1.83 bits per heavy atom. The first kappa shape index (κ1) is 31.9. The molecule has 0 radical (unpaired) electrons. The van der Waals surface area contributed by atoms with Gasteiger partial charge in [0.25, 0.3) is 5.91 Å². The number of hydrogen-bond acceptors (Lipinski definition) is 7. The smallest absolute Gasteiger partial charge is 0.337 e. The van der Waals surface area contributed by atoms with Crippen LogP contribution in [0.5, 0.6) is 5.75 Å². The number of rotatable bonds is 7. The second kappa shape index (κ2) is 12.7. The number of allylic oxidation sites excluding steroid dienone is 2.